The van der Waals surface area contributed by atoms with E-state index < -0.39 is 21.9 Å². The lowest BCUT2D eigenvalue weighted by Crippen LogP contribution is -2.30. The monoisotopic (exact) mass is 563 g/mol. The maximum absolute atomic E-state index is 13.0. The summed E-state index contributed by atoms with van der Waals surface area (Å²) in [6, 6.07) is 28.4. The zero-order valence-electron chi connectivity index (χ0n) is 21.6. The van der Waals surface area contributed by atoms with E-state index >= 15 is 0 Å². The number of hydrogen-bond acceptors (Lipinski definition) is 8. The van der Waals surface area contributed by atoms with Gasteiger partial charge in [-0.25, -0.2) is 22.9 Å². The van der Waals surface area contributed by atoms with Crippen molar-refractivity contribution in [3.05, 3.63) is 114 Å². The Bertz CT molecular complexity index is 2060. The van der Waals surface area contributed by atoms with Gasteiger partial charge in [0.25, 0.3) is 15.9 Å². The Morgan fingerprint density at radius 1 is 0.805 bits per heavy atom. The second kappa shape index (κ2) is 10.3. The number of nitrogens with one attached hydrogen (secondary N) is 1. The molecule has 6 rings (SSSR count). The molecule has 0 aliphatic carbocycles. The number of pyridine rings is 1. The van der Waals surface area contributed by atoms with E-state index in [1.54, 1.807) is 48.5 Å². The highest BCUT2D eigenvalue weighted by atomic mass is 32.2. The number of amides is 1. The number of fused-ring (bicyclic) bond motifs is 3. The number of carbonyl (C=O) groups excluding carboxylic acids is 2. The van der Waals surface area contributed by atoms with Crippen LogP contribution in [0.1, 0.15) is 20.7 Å². The van der Waals surface area contributed by atoms with E-state index in [2.05, 4.69) is 14.9 Å². The van der Waals surface area contributed by atoms with Crippen LogP contribution in [0, 0.1) is 0 Å². The molecule has 1 amide bonds. The van der Waals surface area contributed by atoms with Gasteiger partial charge in [0.15, 0.2) is 0 Å². The van der Waals surface area contributed by atoms with Crippen LogP contribution in [0.15, 0.2) is 108 Å². The molecular formula is C30H21N5O5S. The molecule has 0 saturated heterocycles. The second-order valence-corrected chi connectivity index (χ2v) is 10.7. The number of benzene rings is 4. The molecule has 2 heterocycles. The van der Waals surface area contributed by atoms with E-state index in [0.717, 1.165) is 5.69 Å². The largest absolute Gasteiger partial charge is 0.465 e. The second-order valence-electron chi connectivity index (χ2n) is 9.03. The third kappa shape index (κ3) is 4.90. The number of rotatable bonds is 6. The van der Waals surface area contributed by atoms with Gasteiger partial charge in [-0.15, -0.1) is 10.2 Å². The number of nitrogens with zero attached hydrogens (tertiary/aromatic N) is 4. The van der Waals surface area contributed by atoms with Crippen LogP contribution in [0.4, 0.5) is 0 Å². The van der Waals surface area contributed by atoms with Gasteiger partial charge in [0.2, 0.25) is 0 Å². The highest BCUT2D eigenvalue weighted by Crippen LogP contribution is 2.30. The average molecular weight is 564 g/mol. The number of esters is 1. The van der Waals surface area contributed by atoms with E-state index in [0.29, 0.717) is 33.2 Å². The van der Waals surface area contributed by atoms with Crippen LogP contribution >= 0.6 is 0 Å². The first-order valence-electron chi connectivity index (χ1n) is 12.4. The number of sulfonamides is 1. The molecule has 0 atom stereocenters. The third-order valence-electron chi connectivity index (χ3n) is 6.42. The molecule has 0 unspecified atom stereocenters. The van der Waals surface area contributed by atoms with Gasteiger partial charge >= 0.3 is 5.97 Å². The molecule has 1 N–H and O–H groups in total. The summed E-state index contributed by atoms with van der Waals surface area (Å²) in [5, 5.41) is 9.66. The van der Waals surface area contributed by atoms with Crippen LogP contribution in [0.25, 0.3) is 38.9 Å². The Kier molecular flexibility index (Phi) is 6.48. The fraction of sp³-hybridized carbons (Fsp3) is 0.0333. The molecule has 0 bridgehead atoms. The molecule has 4 aromatic carbocycles. The fourth-order valence-corrected chi connectivity index (χ4v) is 5.45. The molecule has 0 fully saturated rings. The quantitative estimate of drug-likeness (QED) is 0.292. The van der Waals surface area contributed by atoms with Crippen LogP contribution in [-0.4, -0.2) is 47.4 Å². The lowest BCUT2D eigenvalue weighted by atomic mass is 10.0. The molecule has 0 aliphatic rings. The smallest absolute Gasteiger partial charge is 0.338 e. The summed E-state index contributed by atoms with van der Waals surface area (Å²) >= 11 is 0. The fourth-order valence-electron chi connectivity index (χ4n) is 4.46. The normalized spacial score (nSPS) is 11.4. The van der Waals surface area contributed by atoms with Crippen LogP contribution < -0.4 is 4.72 Å². The summed E-state index contributed by atoms with van der Waals surface area (Å²) in [4.78, 5) is 32.1. The van der Waals surface area contributed by atoms with Crippen LogP contribution in [0.2, 0.25) is 0 Å². The molecule has 0 aliphatic heterocycles. The van der Waals surface area contributed by atoms with Gasteiger partial charge in [0, 0.05) is 16.5 Å². The summed E-state index contributed by atoms with van der Waals surface area (Å²) < 4.78 is 32.5. The van der Waals surface area contributed by atoms with Crippen molar-refractivity contribution in [3.63, 3.8) is 0 Å². The highest BCUT2D eigenvalue weighted by molar-refractivity contribution is 7.90. The molecule has 0 radical (unpaired) electrons. The van der Waals surface area contributed by atoms with Crippen molar-refractivity contribution in [1.82, 2.24) is 24.7 Å². The molecule has 0 saturated carbocycles. The summed E-state index contributed by atoms with van der Waals surface area (Å²) in [7, 11) is -2.78. The van der Waals surface area contributed by atoms with Gasteiger partial charge in [-0.2, -0.15) is 4.80 Å². The number of methoxy groups -OCH3 is 1. The first-order chi connectivity index (χ1) is 19.8. The van der Waals surface area contributed by atoms with Crippen molar-refractivity contribution in [2.24, 2.45) is 0 Å². The number of carbonyl (C=O) groups is 2. The van der Waals surface area contributed by atoms with Crippen molar-refractivity contribution >= 4 is 43.8 Å². The van der Waals surface area contributed by atoms with Gasteiger partial charge in [-0.05, 0) is 54.6 Å². The minimum absolute atomic E-state index is 0.0288. The van der Waals surface area contributed by atoms with Crippen LogP contribution in [-0.2, 0) is 14.8 Å². The van der Waals surface area contributed by atoms with Gasteiger partial charge in [0.1, 0.15) is 11.0 Å². The average Bonchev–Trinajstić information content (AvgIpc) is 3.46. The Labute approximate surface area is 234 Å². The van der Waals surface area contributed by atoms with Crippen molar-refractivity contribution < 1.29 is 22.7 Å². The summed E-state index contributed by atoms with van der Waals surface area (Å²) in [5.74, 6) is -1.40. The maximum atomic E-state index is 13.0. The lowest BCUT2D eigenvalue weighted by Gasteiger charge is -2.11. The van der Waals surface area contributed by atoms with Gasteiger partial charge < -0.3 is 4.74 Å². The topological polar surface area (TPSA) is 133 Å². The highest BCUT2D eigenvalue weighted by Gasteiger charge is 2.21. The van der Waals surface area contributed by atoms with Crippen molar-refractivity contribution in [1.29, 1.82) is 0 Å². The molecular weight excluding hydrogens is 542 g/mol. The predicted octanol–water partition coefficient (Wildman–Crippen LogP) is 4.54. The molecule has 2 aromatic heterocycles. The zero-order valence-corrected chi connectivity index (χ0v) is 22.4. The third-order valence-corrected chi connectivity index (χ3v) is 7.76. The minimum Gasteiger partial charge on any atom is -0.465 e. The Morgan fingerprint density at radius 2 is 1.51 bits per heavy atom. The maximum Gasteiger partial charge on any atom is 0.338 e. The number of ether oxygens (including phenoxy) is 1. The molecule has 202 valence electrons. The van der Waals surface area contributed by atoms with E-state index in [9.17, 15) is 18.0 Å². The van der Waals surface area contributed by atoms with E-state index in [1.807, 2.05) is 30.3 Å². The molecule has 10 nitrogen and oxygen atoms in total. The summed E-state index contributed by atoms with van der Waals surface area (Å²) in [6.07, 6.45) is 0. The standard InChI is InChI=1S/C30H21N5O5S/c1-40-30(37)23-18-26(19-9-8-10-20(17-19)29(36)34-41(38,39)22-13-6-3-7-14-22)31-24-15-16-25-28(27(23)24)33-35(32-25)21-11-4-2-5-12-21/h2-18H,1H3,(H,34,36). The lowest BCUT2D eigenvalue weighted by molar-refractivity contribution is 0.0603. The first kappa shape index (κ1) is 25.8. The van der Waals surface area contributed by atoms with Crippen molar-refractivity contribution in [2.45, 2.75) is 4.90 Å². The van der Waals surface area contributed by atoms with Gasteiger partial charge in [0.05, 0.1) is 34.5 Å². The Balaban J connectivity index is 1.43. The van der Waals surface area contributed by atoms with Gasteiger partial charge in [-0.3, -0.25) is 4.79 Å². The predicted molar refractivity (Wildman–Crippen MR) is 152 cm³/mol. The van der Waals surface area contributed by atoms with Crippen LogP contribution in [0.5, 0.6) is 0 Å². The molecule has 41 heavy (non-hydrogen) atoms. The van der Waals surface area contributed by atoms with Crippen LogP contribution in [0.3, 0.4) is 0 Å². The van der Waals surface area contributed by atoms with Crippen molar-refractivity contribution in [3.8, 4) is 16.9 Å². The van der Waals surface area contributed by atoms with E-state index in [-0.39, 0.29) is 16.0 Å². The number of aromatic nitrogens is 4. The van der Waals surface area contributed by atoms with E-state index in [4.69, 9.17) is 9.72 Å². The Morgan fingerprint density at radius 3 is 2.24 bits per heavy atom. The van der Waals surface area contributed by atoms with E-state index in [1.165, 1.54) is 36.2 Å². The molecule has 6 aromatic rings. The SMILES string of the molecule is COC(=O)c1cc(-c2cccc(C(=O)NS(=O)(=O)c3ccccc3)c2)nc2ccc3nn(-c4ccccc4)nc3c12. The van der Waals surface area contributed by atoms with Crippen molar-refractivity contribution in [2.75, 3.05) is 7.11 Å². The Hall–Kier alpha value is -5.42. The molecule has 0 spiro atoms. The zero-order chi connectivity index (χ0) is 28.6. The number of hydrogen-bond donors (Lipinski definition) is 1. The minimum atomic E-state index is -4.07. The molecule has 11 heteroatoms. The van der Waals surface area contributed by atoms with Gasteiger partial charge in [-0.1, -0.05) is 48.5 Å². The first-order valence-corrected chi connectivity index (χ1v) is 13.9. The summed E-state index contributed by atoms with van der Waals surface area (Å²) in [6.45, 7) is 0. The summed E-state index contributed by atoms with van der Waals surface area (Å²) in [5.41, 5.74) is 3.47. The number of para-hydroxylation sites is 1.